The van der Waals surface area contributed by atoms with Gasteiger partial charge in [-0.1, -0.05) is 120 Å². The van der Waals surface area contributed by atoms with Crippen LogP contribution in [0.3, 0.4) is 0 Å². The maximum atomic E-state index is 9.57. The molecule has 0 fully saturated rings. The fourth-order valence-electron chi connectivity index (χ4n) is 8.42. The lowest BCUT2D eigenvalue weighted by Crippen LogP contribution is -2.25. The van der Waals surface area contributed by atoms with Crippen molar-refractivity contribution >= 4 is 44.6 Å². The number of para-hydroxylation sites is 2. The molecule has 0 saturated carbocycles. The van der Waals surface area contributed by atoms with E-state index in [1.807, 2.05) is 76.4 Å². The SMILES string of the molecule is [2H]C([2H])(c1ccc2c(c1C([2H])([2H])C(C)C)c1ccc(Oc3cccc(N4CN(c5cc(C(C)(C)C)cc(C(C)(C)C)c5)c5ccccc54)c3)cc1n2-c1cc(C(C)(C)C)ccn1)C(C)C. The molecule has 8 rings (SSSR count). The van der Waals surface area contributed by atoms with Gasteiger partial charge in [-0.2, -0.15) is 0 Å². The third-order valence-corrected chi connectivity index (χ3v) is 11.7. The van der Waals surface area contributed by atoms with Crippen LogP contribution in [0.2, 0.25) is 0 Å². The summed E-state index contributed by atoms with van der Waals surface area (Å²) in [6.07, 6.45) is -1.79. The number of pyridine rings is 1. The first-order valence-corrected chi connectivity index (χ1v) is 22.0. The minimum absolute atomic E-state index is 0.0122. The van der Waals surface area contributed by atoms with Crippen molar-refractivity contribution in [1.82, 2.24) is 9.55 Å². The van der Waals surface area contributed by atoms with Gasteiger partial charge in [0.2, 0.25) is 0 Å². The molecule has 0 spiro atoms. The van der Waals surface area contributed by atoms with Crippen molar-refractivity contribution in [1.29, 1.82) is 0 Å². The second kappa shape index (κ2) is 15.7. The Hall–Kier alpha value is -5.55. The molecule has 5 heteroatoms. The smallest absolute Gasteiger partial charge is 0.137 e. The normalized spacial score (nSPS) is 15.1. The van der Waals surface area contributed by atoms with Crippen LogP contribution in [-0.2, 0) is 29.0 Å². The van der Waals surface area contributed by atoms with Crippen LogP contribution < -0.4 is 14.5 Å². The second-order valence-electron chi connectivity index (χ2n) is 20.5. The summed E-state index contributed by atoms with van der Waals surface area (Å²) in [7, 11) is 0. The van der Waals surface area contributed by atoms with Gasteiger partial charge in [0.1, 0.15) is 24.0 Å². The molecule has 0 radical (unpaired) electrons. The molecule has 0 N–H and O–H groups in total. The van der Waals surface area contributed by atoms with Gasteiger partial charge in [-0.25, -0.2) is 4.98 Å². The summed E-state index contributed by atoms with van der Waals surface area (Å²) in [4.78, 5) is 9.67. The highest BCUT2D eigenvalue weighted by atomic mass is 16.5. The van der Waals surface area contributed by atoms with Crippen molar-refractivity contribution in [3.63, 3.8) is 0 Å². The molecule has 0 unspecified atom stereocenters. The average Bonchev–Trinajstić information content (AvgIpc) is 3.78. The Morgan fingerprint density at radius 3 is 1.84 bits per heavy atom. The highest BCUT2D eigenvalue weighted by Gasteiger charge is 2.31. The van der Waals surface area contributed by atoms with Crippen LogP contribution in [0.25, 0.3) is 27.6 Å². The summed E-state index contributed by atoms with van der Waals surface area (Å²) in [6.45, 7) is 28.3. The molecule has 0 amide bonds. The third-order valence-electron chi connectivity index (χ3n) is 11.7. The molecule has 1 aliphatic heterocycles. The molecule has 3 heterocycles. The van der Waals surface area contributed by atoms with Crippen LogP contribution in [0.15, 0.2) is 115 Å². The largest absolute Gasteiger partial charge is 0.457 e. The fraction of sp³-hybridized carbons (Fsp3) is 0.375. The fourth-order valence-corrected chi connectivity index (χ4v) is 8.42. The number of nitrogens with zero attached hydrogens (tertiary/aromatic N) is 4. The van der Waals surface area contributed by atoms with Crippen LogP contribution >= 0.6 is 0 Å². The molecular formula is C56H66N4O. The van der Waals surface area contributed by atoms with Gasteiger partial charge in [0, 0.05) is 46.0 Å². The van der Waals surface area contributed by atoms with Crippen molar-refractivity contribution in [2.45, 2.75) is 119 Å². The maximum Gasteiger partial charge on any atom is 0.137 e. The molecule has 61 heavy (non-hydrogen) atoms. The average molecular weight is 815 g/mol. The third kappa shape index (κ3) is 8.41. The van der Waals surface area contributed by atoms with Crippen LogP contribution in [0, 0.1) is 11.8 Å². The van der Waals surface area contributed by atoms with E-state index in [9.17, 15) is 5.48 Å². The number of fused-ring (bicyclic) bond motifs is 4. The Morgan fingerprint density at radius 1 is 0.590 bits per heavy atom. The predicted octanol–water partition coefficient (Wildman–Crippen LogP) is 15.5. The number of benzene rings is 5. The van der Waals surface area contributed by atoms with E-state index in [1.165, 1.54) is 16.8 Å². The van der Waals surface area contributed by atoms with Gasteiger partial charge >= 0.3 is 0 Å². The minimum Gasteiger partial charge on any atom is -0.457 e. The topological polar surface area (TPSA) is 33.5 Å². The zero-order valence-electron chi connectivity index (χ0n) is 42.5. The summed E-state index contributed by atoms with van der Waals surface area (Å²) in [5, 5.41) is 1.50. The number of hydrogen-bond donors (Lipinski definition) is 0. The van der Waals surface area contributed by atoms with Crippen LogP contribution in [0.4, 0.5) is 22.7 Å². The van der Waals surface area contributed by atoms with E-state index >= 15 is 0 Å². The molecule has 0 atom stereocenters. The van der Waals surface area contributed by atoms with Crippen LogP contribution in [-0.4, -0.2) is 16.2 Å². The van der Waals surface area contributed by atoms with Crippen molar-refractivity contribution < 1.29 is 10.2 Å². The van der Waals surface area contributed by atoms with Crippen LogP contribution in [0.5, 0.6) is 11.5 Å². The molecular weight excluding hydrogens is 745 g/mol. The lowest BCUT2D eigenvalue weighted by Gasteiger charge is -2.29. The van der Waals surface area contributed by atoms with Crippen molar-refractivity contribution in [3.8, 4) is 17.3 Å². The monoisotopic (exact) mass is 815 g/mol. The molecule has 0 aliphatic carbocycles. The number of anilines is 4. The van der Waals surface area contributed by atoms with Gasteiger partial charge in [-0.15, -0.1) is 0 Å². The Morgan fingerprint density at radius 2 is 1.21 bits per heavy atom. The number of rotatable bonds is 9. The highest BCUT2D eigenvalue weighted by molar-refractivity contribution is 6.11. The molecule has 5 nitrogen and oxygen atoms in total. The predicted molar refractivity (Wildman–Crippen MR) is 260 cm³/mol. The van der Waals surface area contributed by atoms with Gasteiger partial charge in [-0.3, -0.25) is 4.57 Å². The van der Waals surface area contributed by atoms with Gasteiger partial charge in [0.05, 0.1) is 22.4 Å². The Bertz CT molecular complexity index is 2890. The van der Waals surface area contributed by atoms with E-state index in [2.05, 4.69) is 137 Å². The summed E-state index contributed by atoms with van der Waals surface area (Å²) >= 11 is 0. The number of ether oxygens (including phenoxy) is 1. The first-order chi connectivity index (χ1) is 30.3. The summed E-state index contributed by atoms with van der Waals surface area (Å²) in [6, 6.07) is 37.8. The summed E-state index contributed by atoms with van der Waals surface area (Å²) in [5.74, 6) is 1.20. The van der Waals surface area contributed by atoms with E-state index in [1.54, 1.807) is 6.07 Å². The quantitative estimate of drug-likeness (QED) is 0.145. The summed E-state index contributed by atoms with van der Waals surface area (Å²) in [5.41, 5.74) is 10.4. The van der Waals surface area contributed by atoms with Crippen molar-refractivity contribution in [3.05, 3.63) is 143 Å². The maximum absolute atomic E-state index is 9.57. The lowest BCUT2D eigenvalue weighted by molar-refractivity contribution is 0.483. The van der Waals surface area contributed by atoms with E-state index in [-0.39, 0.29) is 22.2 Å². The van der Waals surface area contributed by atoms with E-state index in [0.717, 1.165) is 39.0 Å². The highest BCUT2D eigenvalue weighted by Crippen LogP contribution is 2.47. The van der Waals surface area contributed by atoms with E-state index < -0.39 is 18.7 Å². The van der Waals surface area contributed by atoms with E-state index in [0.29, 0.717) is 40.5 Å². The van der Waals surface area contributed by atoms with Gasteiger partial charge in [0.15, 0.2) is 0 Å². The molecule has 5 aromatic carbocycles. The molecule has 316 valence electrons. The lowest BCUT2D eigenvalue weighted by atomic mass is 9.80. The van der Waals surface area contributed by atoms with Gasteiger partial charge in [-0.05, 0) is 135 Å². The molecule has 0 bridgehead atoms. The zero-order valence-corrected chi connectivity index (χ0v) is 38.5. The Labute approximate surface area is 371 Å². The first kappa shape index (κ1) is 37.2. The number of aromatic nitrogens is 2. The van der Waals surface area contributed by atoms with E-state index in [4.69, 9.17) is 9.72 Å². The molecule has 2 aromatic heterocycles. The second-order valence-corrected chi connectivity index (χ2v) is 20.5. The summed E-state index contributed by atoms with van der Waals surface area (Å²) < 4.78 is 46.6. The zero-order chi connectivity index (χ0) is 47.2. The number of hydrogen-bond acceptors (Lipinski definition) is 4. The standard InChI is InChI=1S/C56H66N4O/c1-36(2)27-38-21-24-50-53(47(38)28-37(3)4)46-23-22-45(34-51(46)60(50)52-32-39(25-26-57-52)54(5,6)7)61-44-18-16-17-42(33-44)58-35-59(49-20-15-14-19-48(49)58)43-30-40(55(8,9)10)29-41(31-43)56(11,12)13/h14-26,29-34,36-37H,27-28,35H2,1-13H3/i27D2,28D2. The Kier molecular flexibility index (Phi) is 9.60. The van der Waals surface area contributed by atoms with Gasteiger partial charge < -0.3 is 14.5 Å². The van der Waals surface area contributed by atoms with Crippen molar-refractivity contribution in [2.24, 2.45) is 11.8 Å². The molecule has 0 saturated heterocycles. The minimum atomic E-state index is -1.85. The van der Waals surface area contributed by atoms with Crippen LogP contribution in [0.1, 0.15) is 123 Å². The molecule has 1 aliphatic rings. The first-order valence-electron chi connectivity index (χ1n) is 24.0. The van der Waals surface area contributed by atoms with Crippen molar-refractivity contribution in [2.75, 3.05) is 16.5 Å². The molecule has 7 aromatic rings. The van der Waals surface area contributed by atoms with Gasteiger partial charge in [0.25, 0.3) is 0 Å². The Balaban J connectivity index is 1.25.